The van der Waals surface area contributed by atoms with Crippen LogP contribution >= 0.6 is 0 Å². The van der Waals surface area contributed by atoms with Gasteiger partial charge >= 0.3 is 0 Å². The van der Waals surface area contributed by atoms with E-state index in [0.717, 1.165) is 44.5 Å². The van der Waals surface area contributed by atoms with Crippen LogP contribution in [0.4, 0.5) is 5.95 Å². The molecule has 1 aromatic heterocycles. The van der Waals surface area contributed by atoms with Crippen molar-refractivity contribution in [1.82, 2.24) is 14.9 Å². The van der Waals surface area contributed by atoms with Crippen molar-refractivity contribution in [2.45, 2.75) is 39.0 Å². The fourth-order valence-corrected chi connectivity index (χ4v) is 2.23. The Bertz CT molecular complexity index is 502. The van der Waals surface area contributed by atoms with Crippen molar-refractivity contribution in [3.05, 3.63) is 22.1 Å². The molecule has 0 unspecified atom stereocenters. The van der Waals surface area contributed by atoms with Crippen molar-refractivity contribution >= 4 is 11.9 Å². The zero-order valence-electron chi connectivity index (χ0n) is 11.4. The number of likely N-dealkylation sites (tertiary alicyclic amines) is 1. The van der Waals surface area contributed by atoms with Crippen LogP contribution in [0.15, 0.2) is 15.9 Å². The summed E-state index contributed by atoms with van der Waals surface area (Å²) in [7, 11) is 0. The van der Waals surface area contributed by atoms with Gasteiger partial charge in [-0.3, -0.25) is 9.78 Å². The molecule has 1 fully saturated rings. The smallest absolute Gasteiger partial charge is 0.252 e. The normalized spacial score (nSPS) is 16.7. The molecule has 6 nitrogen and oxygen atoms in total. The Morgan fingerprint density at radius 2 is 2.21 bits per heavy atom. The minimum Gasteiger partial charge on any atom is -0.369 e. The largest absolute Gasteiger partial charge is 0.369 e. The molecule has 0 bridgehead atoms. The summed E-state index contributed by atoms with van der Waals surface area (Å²) in [5.74, 6) is 0.746. The first-order valence-electron chi connectivity index (χ1n) is 6.88. The summed E-state index contributed by atoms with van der Waals surface area (Å²) in [5, 5.41) is 0. The predicted octanol–water partition coefficient (Wildman–Crippen LogP) is 1.15. The lowest BCUT2D eigenvalue weighted by Crippen LogP contribution is -2.40. The van der Waals surface area contributed by atoms with Gasteiger partial charge in [-0.2, -0.15) is 4.99 Å². The van der Waals surface area contributed by atoms with E-state index in [1.54, 1.807) is 0 Å². The molecule has 2 heterocycles. The number of nitrogens with two attached hydrogens (primary N) is 1. The minimum atomic E-state index is -0.177. The maximum atomic E-state index is 11.5. The van der Waals surface area contributed by atoms with E-state index < -0.39 is 0 Å². The van der Waals surface area contributed by atoms with Crippen LogP contribution in [0.25, 0.3) is 0 Å². The van der Waals surface area contributed by atoms with Gasteiger partial charge in [0.05, 0.1) is 0 Å². The molecule has 104 valence electrons. The molecule has 1 aromatic rings. The lowest BCUT2D eigenvalue weighted by atomic mass is 10.1. The van der Waals surface area contributed by atoms with E-state index in [2.05, 4.69) is 15.0 Å². The summed E-state index contributed by atoms with van der Waals surface area (Å²) in [5.41, 5.74) is 6.55. The third-order valence-electron chi connectivity index (χ3n) is 3.19. The van der Waals surface area contributed by atoms with Crippen LogP contribution < -0.4 is 11.3 Å². The third-order valence-corrected chi connectivity index (χ3v) is 3.19. The summed E-state index contributed by atoms with van der Waals surface area (Å²) in [6.07, 6.45) is 5.23. The van der Waals surface area contributed by atoms with Crippen LogP contribution in [0.2, 0.25) is 0 Å². The number of guanidine groups is 1. The summed E-state index contributed by atoms with van der Waals surface area (Å²) < 4.78 is 0. The monoisotopic (exact) mass is 263 g/mol. The van der Waals surface area contributed by atoms with Gasteiger partial charge in [0, 0.05) is 24.8 Å². The average molecular weight is 263 g/mol. The number of H-pyrrole nitrogens is 1. The van der Waals surface area contributed by atoms with Gasteiger partial charge in [0.25, 0.3) is 5.56 Å². The topological polar surface area (TPSA) is 87.4 Å². The van der Waals surface area contributed by atoms with E-state index in [1.807, 2.05) is 11.8 Å². The molecular formula is C13H21N5O. The number of aliphatic imine (C=N–C) groups is 1. The van der Waals surface area contributed by atoms with Gasteiger partial charge in [-0.25, -0.2) is 4.98 Å². The molecule has 1 aliphatic heterocycles. The Labute approximate surface area is 112 Å². The first-order chi connectivity index (χ1) is 9.19. The van der Waals surface area contributed by atoms with Crippen molar-refractivity contribution in [1.29, 1.82) is 0 Å². The number of hydrogen-bond acceptors (Lipinski definition) is 3. The Balaban J connectivity index is 2.18. The molecule has 0 radical (unpaired) electrons. The van der Waals surface area contributed by atoms with Gasteiger partial charge in [0.15, 0.2) is 5.96 Å². The molecule has 0 amide bonds. The van der Waals surface area contributed by atoms with E-state index in [9.17, 15) is 4.79 Å². The number of aromatic amines is 1. The van der Waals surface area contributed by atoms with Crippen LogP contribution in [0, 0.1) is 0 Å². The summed E-state index contributed by atoms with van der Waals surface area (Å²) in [4.78, 5) is 24.7. The molecule has 0 spiro atoms. The second kappa shape index (κ2) is 6.36. The highest BCUT2D eigenvalue weighted by molar-refractivity contribution is 5.80. The fraction of sp³-hybridized carbons (Fsp3) is 0.615. The SMILES string of the molecule is CCCc1cc(=O)[nH]c(N=C(N)N2CCCCC2)n1. The third kappa shape index (κ3) is 3.81. The van der Waals surface area contributed by atoms with Gasteiger partial charge in [-0.15, -0.1) is 0 Å². The molecule has 1 saturated heterocycles. The first kappa shape index (κ1) is 13.6. The van der Waals surface area contributed by atoms with Crippen molar-refractivity contribution in [2.75, 3.05) is 13.1 Å². The van der Waals surface area contributed by atoms with Gasteiger partial charge < -0.3 is 10.6 Å². The number of piperidine rings is 1. The number of nitrogens with zero attached hydrogens (tertiary/aromatic N) is 3. The van der Waals surface area contributed by atoms with Crippen LogP contribution in [-0.2, 0) is 6.42 Å². The average Bonchev–Trinajstić information content (AvgIpc) is 2.39. The summed E-state index contributed by atoms with van der Waals surface area (Å²) in [6, 6.07) is 1.51. The second-order valence-corrected chi connectivity index (χ2v) is 4.83. The van der Waals surface area contributed by atoms with Crippen LogP contribution in [0.5, 0.6) is 0 Å². The maximum Gasteiger partial charge on any atom is 0.252 e. The fourth-order valence-electron chi connectivity index (χ4n) is 2.23. The Morgan fingerprint density at radius 3 is 2.89 bits per heavy atom. The lowest BCUT2D eigenvalue weighted by Gasteiger charge is -2.27. The van der Waals surface area contributed by atoms with Crippen molar-refractivity contribution in [3.8, 4) is 0 Å². The summed E-state index contributed by atoms with van der Waals surface area (Å²) in [6.45, 7) is 3.90. The number of aromatic nitrogens is 2. The van der Waals surface area contributed by atoms with Gasteiger partial charge in [0.1, 0.15) is 0 Å². The molecule has 3 N–H and O–H groups in total. The molecule has 0 saturated carbocycles. The Kier molecular flexibility index (Phi) is 4.54. The predicted molar refractivity (Wildman–Crippen MR) is 75.6 cm³/mol. The van der Waals surface area contributed by atoms with Crippen LogP contribution in [0.3, 0.4) is 0 Å². The zero-order valence-corrected chi connectivity index (χ0v) is 11.4. The lowest BCUT2D eigenvalue weighted by molar-refractivity contribution is 0.339. The molecular weight excluding hydrogens is 242 g/mol. The molecule has 6 heteroatoms. The van der Waals surface area contributed by atoms with Gasteiger partial charge in [-0.05, 0) is 25.7 Å². The van der Waals surface area contributed by atoms with Crippen molar-refractivity contribution < 1.29 is 0 Å². The number of nitrogens with one attached hydrogen (secondary N) is 1. The molecule has 0 aliphatic carbocycles. The van der Waals surface area contributed by atoms with Gasteiger partial charge in [-0.1, -0.05) is 13.3 Å². The highest BCUT2D eigenvalue weighted by Crippen LogP contribution is 2.10. The molecule has 1 aliphatic rings. The zero-order chi connectivity index (χ0) is 13.7. The number of rotatable bonds is 3. The highest BCUT2D eigenvalue weighted by Gasteiger charge is 2.12. The van der Waals surface area contributed by atoms with Gasteiger partial charge in [0.2, 0.25) is 5.95 Å². The van der Waals surface area contributed by atoms with E-state index in [4.69, 9.17) is 5.73 Å². The van der Waals surface area contributed by atoms with Crippen molar-refractivity contribution in [3.63, 3.8) is 0 Å². The van der Waals surface area contributed by atoms with E-state index in [1.165, 1.54) is 12.5 Å². The molecule has 0 atom stereocenters. The number of aryl methyl sites for hydroxylation is 1. The Morgan fingerprint density at radius 1 is 1.47 bits per heavy atom. The summed E-state index contributed by atoms with van der Waals surface area (Å²) >= 11 is 0. The quantitative estimate of drug-likeness (QED) is 0.632. The van der Waals surface area contributed by atoms with Crippen LogP contribution in [0.1, 0.15) is 38.3 Å². The highest BCUT2D eigenvalue weighted by atomic mass is 16.1. The molecule has 2 rings (SSSR count). The molecule has 0 aromatic carbocycles. The van der Waals surface area contributed by atoms with Crippen molar-refractivity contribution in [2.24, 2.45) is 10.7 Å². The first-order valence-corrected chi connectivity index (χ1v) is 6.88. The van der Waals surface area contributed by atoms with E-state index >= 15 is 0 Å². The molecule has 19 heavy (non-hydrogen) atoms. The minimum absolute atomic E-state index is 0.177. The number of hydrogen-bond donors (Lipinski definition) is 2. The standard InChI is InChI=1S/C13H21N5O/c1-2-6-10-9-11(19)16-13(15-10)17-12(14)18-7-4-3-5-8-18/h9H,2-8H2,1H3,(H3,14,15,16,17,19). The maximum absolute atomic E-state index is 11.5. The van der Waals surface area contributed by atoms with E-state index in [0.29, 0.717) is 11.9 Å². The van der Waals surface area contributed by atoms with Crippen LogP contribution in [-0.4, -0.2) is 33.9 Å². The van der Waals surface area contributed by atoms with E-state index in [-0.39, 0.29) is 5.56 Å². The Hall–Kier alpha value is -1.85. The second-order valence-electron chi connectivity index (χ2n) is 4.83.